The number of nitrogens with zero attached hydrogens (tertiary/aromatic N) is 2. The van der Waals surface area contributed by atoms with Gasteiger partial charge in [0.15, 0.2) is 16.7 Å². The van der Waals surface area contributed by atoms with E-state index in [1.54, 1.807) is 17.7 Å². The topological polar surface area (TPSA) is 71.8 Å². The number of benzene rings is 3. The van der Waals surface area contributed by atoms with Gasteiger partial charge >= 0.3 is 0 Å². The number of rotatable bonds is 8. The highest BCUT2D eigenvalue weighted by Gasteiger charge is 2.22. The predicted molar refractivity (Wildman–Crippen MR) is 130 cm³/mol. The fraction of sp³-hybridized carbons (Fsp3) is 0.200. The monoisotopic (exact) mass is 464 g/mol. The molecule has 0 N–H and O–H groups in total. The molecule has 0 unspecified atom stereocenters. The van der Waals surface area contributed by atoms with Crippen LogP contribution in [0.2, 0.25) is 0 Å². The quantitative estimate of drug-likeness (QED) is 0.276. The maximum Gasteiger partial charge on any atom is 0.266 e. The first kappa shape index (κ1) is 22.5. The highest BCUT2D eigenvalue weighted by Crippen LogP contribution is 2.42. The second-order valence-corrected chi connectivity index (χ2v) is 7.99. The number of thioether (sulfide) groups is 1. The summed E-state index contributed by atoms with van der Waals surface area (Å²) in [5.41, 5.74) is 1.96. The van der Waals surface area contributed by atoms with Crippen LogP contribution in [0.15, 0.2) is 70.6 Å². The second-order valence-electron chi connectivity index (χ2n) is 7.05. The summed E-state index contributed by atoms with van der Waals surface area (Å²) >= 11 is 1.45. The summed E-state index contributed by atoms with van der Waals surface area (Å²) in [6.07, 6.45) is 0. The summed E-state index contributed by atoms with van der Waals surface area (Å²) in [6.45, 7) is 0. The lowest BCUT2D eigenvalue weighted by Gasteiger charge is -2.17. The van der Waals surface area contributed by atoms with Gasteiger partial charge in [-0.2, -0.15) is 0 Å². The summed E-state index contributed by atoms with van der Waals surface area (Å²) in [5.74, 6) is 2.51. The summed E-state index contributed by atoms with van der Waals surface area (Å²) in [7, 11) is 6.20. The van der Waals surface area contributed by atoms with E-state index in [2.05, 4.69) is 0 Å². The Labute approximate surface area is 195 Å². The molecule has 0 aliphatic rings. The molecule has 8 heteroatoms. The minimum absolute atomic E-state index is 0.224. The number of fused-ring (bicyclic) bond motifs is 1. The van der Waals surface area contributed by atoms with Crippen molar-refractivity contribution in [1.29, 1.82) is 0 Å². The molecule has 0 atom stereocenters. The molecular weight excluding hydrogens is 440 g/mol. The van der Waals surface area contributed by atoms with Gasteiger partial charge in [-0.1, -0.05) is 42.1 Å². The molecule has 0 aliphatic carbocycles. The maximum atomic E-state index is 13.7. The normalized spacial score (nSPS) is 10.8. The van der Waals surface area contributed by atoms with E-state index in [1.165, 1.54) is 33.1 Å². The molecule has 33 heavy (non-hydrogen) atoms. The minimum Gasteiger partial charge on any atom is -0.497 e. The Bertz CT molecular complexity index is 1340. The van der Waals surface area contributed by atoms with Gasteiger partial charge in [0.1, 0.15) is 11.3 Å². The first-order chi connectivity index (χ1) is 16.1. The van der Waals surface area contributed by atoms with Crippen molar-refractivity contribution in [3.63, 3.8) is 0 Å². The fourth-order valence-corrected chi connectivity index (χ4v) is 4.53. The molecule has 0 fully saturated rings. The van der Waals surface area contributed by atoms with Crippen LogP contribution in [-0.2, 0) is 5.75 Å². The SMILES string of the molecule is COc1cccc(CSc2nc3c(OC)c(OC)c(OC)cc3c(=O)n2-c2ccccc2)c1. The Morgan fingerprint density at radius 3 is 2.27 bits per heavy atom. The number of aromatic nitrogens is 2. The third-order valence-corrected chi connectivity index (χ3v) is 6.16. The Hall–Kier alpha value is -3.65. The minimum atomic E-state index is -0.224. The van der Waals surface area contributed by atoms with Crippen LogP contribution in [0, 0.1) is 0 Å². The summed E-state index contributed by atoms with van der Waals surface area (Å²) < 4.78 is 23.5. The molecule has 0 saturated carbocycles. The van der Waals surface area contributed by atoms with Crippen LogP contribution in [0.1, 0.15) is 5.56 Å². The Balaban J connectivity index is 1.93. The van der Waals surface area contributed by atoms with E-state index in [-0.39, 0.29) is 5.56 Å². The van der Waals surface area contributed by atoms with E-state index in [0.717, 1.165) is 17.0 Å². The van der Waals surface area contributed by atoms with E-state index >= 15 is 0 Å². The van der Waals surface area contributed by atoms with Gasteiger partial charge in [0.05, 0.1) is 39.5 Å². The molecule has 0 radical (unpaired) electrons. The largest absolute Gasteiger partial charge is 0.497 e. The van der Waals surface area contributed by atoms with E-state index in [1.807, 2.05) is 54.6 Å². The lowest BCUT2D eigenvalue weighted by molar-refractivity contribution is 0.326. The molecule has 170 valence electrons. The Kier molecular flexibility index (Phi) is 6.74. The molecule has 0 spiro atoms. The van der Waals surface area contributed by atoms with Crippen LogP contribution in [0.25, 0.3) is 16.6 Å². The third-order valence-electron chi connectivity index (χ3n) is 5.15. The van der Waals surface area contributed by atoms with Gasteiger partial charge in [0.2, 0.25) is 5.75 Å². The van der Waals surface area contributed by atoms with Crippen molar-refractivity contribution in [3.8, 4) is 28.7 Å². The molecule has 4 aromatic rings. The molecule has 4 rings (SSSR count). The molecule has 0 amide bonds. The molecule has 1 aromatic heterocycles. The smallest absolute Gasteiger partial charge is 0.266 e. The zero-order chi connectivity index (χ0) is 23.4. The first-order valence-corrected chi connectivity index (χ1v) is 11.2. The maximum absolute atomic E-state index is 13.7. The standard InChI is InChI=1S/C25H24N2O5S/c1-29-18-12-8-9-16(13-18)15-33-25-26-21-19(14-20(30-2)22(31-3)23(21)32-4)24(28)27(25)17-10-6-5-7-11-17/h5-14H,15H2,1-4H3. The van der Waals surface area contributed by atoms with Gasteiger partial charge in [-0.25, -0.2) is 4.98 Å². The lowest BCUT2D eigenvalue weighted by Crippen LogP contribution is -2.22. The summed E-state index contributed by atoms with van der Waals surface area (Å²) in [4.78, 5) is 18.6. The highest BCUT2D eigenvalue weighted by molar-refractivity contribution is 7.98. The van der Waals surface area contributed by atoms with Crippen molar-refractivity contribution in [1.82, 2.24) is 9.55 Å². The highest BCUT2D eigenvalue weighted by atomic mass is 32.2. The van der Waals surface area contributed by atoms with E-state index in [4.69, 9.17) is 23.9 Å². The molecule has 0 aliphatic heterocycles. The molecule has 0 saturated heterocycles. The van der Waals surface area contributed by atoms with Gasteiger partial charge in [-0.05, 0) is 35.9 Å². The van der Waals surface area contributed by atoms with Crippen LogP contribution in [0.5, 0.6) is 23.0 Å². The molecule has 1 heterocycles. The Morgan fingerprint density at radius 2 is 1.61 bits per heavy atom. The second kappa shape index (κ2) is 9.87. The summed E-state index contributed by atoms with van der Waals surface area (Å²) in [6, 6.07) is 18.9. The van der Waals surface area contributed by atoms with E-state index < -0.39 is 0 Å². The number of hydrogen-bond acceptors (Lipinski definition) is 7. The van der Waals surface area contributed by atoms with Crippen LogP contribution in [0.3, 0.4) is 0 Å². The summed E-state index contributed by atoms with van der Waals surface area (Å²) in [5, 5.41) is 0.908. The van der Waals surface area contributed by atoms with Gasteiger partial charge < -0.3 is 18.9 Å². The van der Waals surface area contributed by atoms with Crippen LogP contribution in [0.4, 0.5) is 0 Å². The van der Waals surface area contributed by atoms with Crippen LogP contribution >= 0.6 is 11.8 Å². The zero-order valence-electron chi connectivity index (χ0n) is 18.8. The van der Waals surface area contributed by atoms with Crippen molar-refractivity contribution in [2.45, 2.75) is 10.9 Å². The van der Waals surface area contributed by atoms with Crippen molar-refractivity contribution < 1.29 is 18.9 Å². The van der Waals surface area contributed by atoms with Crippen molar-refractivity contribution in [2.75, 3.05) is 28.4 Å². The van der Waals surface area contributed by atoms with E-state index in [9.17, 15) is 4.79 Å². The Morgan fingerprint density at radius 1 is 0.848 bits per heavy atom. The van der Waals surface area contributed by atoms with Crippen molar-refractivity contribution in [3.05, 3.63) is 76.6 Å². The molecular formula is C25H24N2O5S. The predicted octanol–water partition coefficient (Wildman–Crippen LogP) is 4.71. The number of hydrogen-bond donors (Lipinski definition) is 0. The number of para-hydroxylation sites is 1. The van der Waals surface area contributed by atoms with Gasteiger partial charge in [-0.3, -0.25) is 9.36 Å². The zero-order valence-corrected chi connectivity index (χ0v) is 19.6. The first-order valence-electron chi connectivity index (χ1n) is 10.2. The number of ether oxygens (including phenoxy) is 4. The van der Waals surface area contributed by atoms with Gasteiger partial charge in [-0.15, -0.1) is 0 Å². The average molecular weight is 465 g/mol. The van der Waals surface area contributed by atoms with Crippen LogP contribution in [-0.4, -0.2) is 38.0 Å². The van der Waals surface area contributed by atoms with Crippen LogP contribution < -0.4 is 24.5 Å². The number of methoxy groups -OCH3 is 4. The third kappa shape index (κ3) is 4.34. The van der Waals surface area contributed by atoms with Gasteiger partial charge in [0, 0.05) is 5.75 Å². The molecule has 3 aromatic carbocycles. The molecule has 0 bridgehead atoms. The van der Waals surface area contributed by atoms with E-state index in [0.29, 0.717) is 39.1 Å². The van der Waals surface area contributed by atoms with Gasteiger partial charge in [0.25, 0.3) is 5.56 Å². The average Bonchev–Trinajstić information content (AvgIpc) is 2.87. The molecule has 7 nitrogen and oxygen atoms in total. The lowest BCUT2D eigenvalue weighted by atomic mass is 10.2. The fourth-order valence-electron chi connectivity index (χ4n) is 3.58. The van der Waals surface area contributed by atoms with Crippen molar-refractivity contribution in [2.24, 2.45) is 0 Å². The van der Waals surface area contributed by atoms with Crippen molar-refractivity contribution >= 4 is 22.7 Å².